The smallest absolute Gasteiger partial charge is 0.319 e. The maximum Gasteiger partial charge on any atom is 0.319 e. The molecule has 0 aliphatic heterocycles. The number of para-hydroxylation sites is 1. The highest BCUT2D eigenvalue weighted by molar-refractivity contribution is 5.90. The van der Waals surface area contributed by atoms with Crippen LogP contribution in [0.4, 0.5) is 10.5 Å². The zero-order valence-corrected chi connectivity index (χ0v) is 10.8. The van der Waals surface area contributed by atoms with Gasteiger partial charge in [0.1, 0.15) is 0 Å². The molecule has 0 bridgehead atoms. The van der Waals surface area contributed by atoms with Crippen LogP contribution in [0, 0.1) is 0 Å². The van der Waals surface area contributed by atoms with Gasteiger partial charge in [-0.25, -0.2) is 4.79 Å². The van der Waals surface area contributed by atoms with E-state index in [1.54, 1.807) is 7.11 Å². The molecule has 0 saturated heterocycles. The summed E-state index contributed by atoms with van der Waals surface area (Å²) in [5.41, 5.74) is 1.48. The quantitative estimate of drug-likeness (QED) is 0.847. The van der Waals surface area contributed by atoms with Crippen LogP contribution in [0.15, 0.2) is 24.3 Å². The molecule has 0 saturated carbocycles. The summed E-state index contributed by atoms with van der Waals surface area (Å²) in [4.78, 5) is 11.7. The summed E-state index contributed by atoms with van der Waals surface area (Å²) in [7, 11) is 1.63. The van der Waals surface area contributed by atoms with Gasteiger partial charge >= 0.3 is 6.03 Å². The number of hydrogen-bond donors (Lipinski definition) is 2. The Morgan fingerprint density at radius 1 is 1.29 bits per heavy atom. The van der Waals surface area contributed by atoms with Gasteiger partial charge in [0, 0.05) is 23.9 Å². The van der Waals surface area contributed by atoms with Gasteiger partial charge in [-0.15, -0.1) is 0 Å². The molecule has 2 amide bonds. The zero-order valence-electron chi connectivity index (χ0n) is 10.8. The minimum atomic E-state index is -0.250. The fourth-order valence-electron chi connectivity index (χ4n) is 1.42. The van der Waals surface area contributed by atoms with Crippen LogP contribution in [0.1, 0.15) is 26.3 Å². The van der Waals surface area contributed by atoms with Gasteiger partial charge in [-0.05, 0) is 26.8 Å². The third-order valence-electron chi connectivity index (χ3n) is 2.05. The van der Waals surface area contributed by atoms with Gasteiger partial charge in [0.05, 0.1) is 6.61 Å². The number of anilines is 1. The van der Waals surface area contributed by atoms with Crippen molar-refractivity contribution in [3.63, 3.8) is 0 Å². The first-order valence-electron chi connectivity index (χ1n) is 5.58. The number of carbonyl (C=O) groups is 1. The molecule has 0 heterocycles. The molecule has 0 aliphatic rings. The predicted molar refractivity (Wildman–Crippen MR) is 69.1 cm³/mol. The molecule has 0 atom stereocenters. The highest BCUT2D eigenvalue weighted by Crippen LogP contribution is 2.15. The number of benzene rings is 1. The summed E-state index contributed by atoms with van der Waals surface area (Å²) in [6, 6.07) is 7.38. The van der Waals surface area contributed by atoms with Crippen molar-refractivity contribution >= 4 is 11.7 Å². The van der Waals surface area contributed by atoms with Crippen molar-refractivity contribution in [3.8, 4) is 0 Å². The lowest BCUT2D eigenvalue weighted by Crippen LogP contribution is -2.43. The van der Waals surface area contributed by atoms with E-state index in [1.807, 2.05) is 45.0 Å². The molecule has 17 heavy (non-hydrogen) atoms. The maximum absolute atomic E-state index is 11.7. The van der Waals surface area contributed by atoms with Crippen LogP contribution >= 0.6 is 0 Å². The predicted octanol–water partition coefficient (Wildman–Crippen LogP) is 2.75. The number of urea groups is 1. The Hall–Kier alpha value is -1.55. The average Bonchev–Trinajstić information content (AvgIpc) is 2.18. The van der Waals surface area contributed by atoms with E-state index in [-0.39, 0.29) is 11.6 Å². The molecule has 0 aliphatic carbocycles. The van der Waals surface area contributed by atoms with E-state index in [2.05, 4.69) is 10.6 Å². The van der Waals surface area contributed by atoms with E-state index in [9.17, 15) is 4.79 Å². The second-order valence-electron chi connectivity index (χ2n) is 4.92. The first kappa shape index (κ1) is 13.5. The van der Waals surface area contributed by atoms with Crippen LogP contribution < -0.4 is 10.6 Å². The molecule has 1 aromatic carbocycles. The standard InChI is InChI=1S/C13H20N2O2/c1-13(2,3)15-12(16)14-11-8-6-5-7-10(11)9-17-4/h5-8H,9H2,1-4H3,(H2,14,15,16). The second kappa shape index (κ2) is 5.68. The van der Waals surface area contributed by atoms with Crippen LogP contribution in [0.2, 0.25) is 0 Å². The molecular formula is C13H20N2O2. The van der Waals surface area contributed by atoms with E-state index >= 15 is 0 Å². The van der Waals surface area contributed by atoms with Gasteiger partial charge in [-0.3, -0.25) is 0 Å². The maximum atomic E-state index is 11.7. The van der Waals surface area contributed by atoms with Gasteiger partial charge in [-0.1, -0.05) is 18.2 Å². The summed E-state index contributed by atoms with van der Waals surface area (Å²) in [5.74, 6) is 0. The first-order valence-corrected chi connectivity index (χ1v) is 5.58. The van der Waals surface area contributed by atoms with E-state index in [0.717, 1.165) is 11.3 Å². The summed E-state index contributed by atoms with van der Waals surface area (Å²) < 4.78 is 5.08. The number of carbonyl (C=O) groups excluding carboxylic acids is 1. The van der Waals surface area contributed by atoms with Gasteiger partial charge < -0.3 is 15.4 Å². The third kappa shape index (κ3) is 4.87. The molecule has 2 N–H and O–H groups in total. The Kier molecular flexibility index (Phi) is 4.52. The fraction of sp³-hybridized carbons (Fsp3) is 0.462. The van der Waals surface area contributed by atoms with Crippen molar-refractivity contribution in [2.45, 2.75) is 32.9 Å². The van der Waals surface area contributed by atoms with Gasteiger partial charge in [0.25, 0.3) is 0 Å². The molecule has 0 spiro atoms. The van der Waals surface area contributed by atoms with Gasteiger partial charge in [0.15, 0.2) is 0 Å². The van der Waals surface area contributed by atoms with Crippen molar-refractivity contribution in [2.75, 3.05) is 12.4 Å². The number of nitrogens with one attached hydrogen (secondary N) is 2. The highest BCUT2D eigenvalue weighted by atomic mass is 16.5. The van der Waals surface area contributed by atoms with Crippen LogP contribution in [0.3, 0.4) is 0 Å². The lowest BCUT2D eigenvalue weighted by Gasteiger charge is -2.21. The minimum Gasteiger partial charge on any atom is -0.380 e. The van der Waals surface area contributed by atoms with Crippen LogP contribution in [0.25, 0.3) is 0 Å². The summed E-state index contributed by atoms with van der Waals surface area (Å²) in [6.45, 7) is 6.29. The second-order valence-corrected chi connectivity index (χ2v) is 4.92. The first-order chi connectivity index (χ1) is 7.92. The van der Waals surface area contributed by atoms with Crippen LogP contribution in [-0.4, -0.2) is 18.7 Å². The molecule has 4 heteroatoms. The Morgan fingerprint density at radius 3 is 2.53 bits per heavy atom. The SMILES string of the molecule is COCc1ccccc1NC(=O)NC(C)(C)C. The number of methoxy groups -OCH3 is 1. The molecule has 0 fully saturated rings. The topological polar surface area (TPSA) is 50.4 Å². The number of rotatable bonds is 3. The van der Waals surface area contributed by atoms with Crippen molar-refractivity contribution < 1.29 is 9.53 Å². The van der Waals surface area contributed by atoms with E-state index < -0.39 is 0 Å². The summed E-state index contributed by atoms with van der Waals surface area (Å²) in [5, 5.41) is 5.67. The normalized spacial score (nSPS) is 11.1. The Morgan fingerprint density at radius 2 is 1.94 bits per heavy atom. The molecule has 1 aromatic rings. The Bertz CT molecular complexity index is 383. The molecular weight excluding hydrogens is 216 g/mol. The van der Waals surface area contributed by atoms with E-state index in [1.165, 1.54) is 0 Å². The third-order valence-corrected chi connectivity index (χ3v) is 2.05. The van der Waals surface area contributed by atoms with Crippen LogP contribution in [0.5, 0.6) is 0 Å². The minimum absolute atomic E-state index is 0.207. The molecule has 94 valence electrons. The average molecular weight is 236 g/mol. The zero-order chi connectivity index (χ0) is 12.9. The molecule has 0 aromatic heterocycles. The molecule has 0 radical (unpaired) electrons. The number of ether oxygens (including phenoxy) is 1. The summed E-state index contributed by atoms with van der Waals surface area (Å²) in [6.07, 6.45) is 0. The monoisotopic (exact) mass is 236 g/mol. The van der Waals surface area contributed by atoms with Crippen molar-refractivity contribution in [1.82, 2.24) is 5.32 Å². The molecule has 4 nitrogen and oxygen atoms in total. The van der Waals surface area contributed by atoms with E-state index in [0.29, 0.717) is 6.61 Å². The lowest BCUT2D eigenvalue weighted by molar-refractivity contribution is 0.185. The fourth-order valence-corrected chi connectivity index (χ4v) is 1.42. The number of hydrogen-bond acceptors (Lipinski definition) is 2. The number of amides is 2. The Labute approximate surface area is 102 Å². The van der Waals surface area contributed by atoms with E-state index in [4.69, 9.17) is 4.74 Å². The van der Waals surface area contributed by atoms with Crippen molar-refractivity contribution in [3.05, 3.63) is 29.8 Å². The van der Waals surface area contributed by atoms with Gasteiger partial charge in [-0.2, -0.15) is 0 Å². The van der Waals surface area contributed by atoms with Gasteiger partial charge in [0.2, 0.25) is 0 Å². The highest BCUT2D eigenvalue weighted by Gasteiger charge is 2.14. The molecule has 1 rings (SSSR count). The Balaban J connectivity index is 2.71. The van der Waals surface area contributed by atoms with Crippen LogP contribution in [-0.2, 0) is 11.3 Å². The summed E-state index contributed by atoms with van der Waals surface area (Å²) >= 11 is 0. The van der Waals surface area contributed by atoms with Crippen molar-refractivity contribution in [1.29, 1.82) is 0 Å². The lowest BCUT2D eigenvalue weighted by atomic mass is 10.1. The molecule has 0 unspecified atom stereocenters. The largest absolute Gasteiger partial charge is 0.380 e. The van der Waals surface area contributed by atoms with Crippen molar-refractivity contribution in [2.24, 2.45) is 0 Å².